The number of aryl methyl sites for hydroxylation is 1. The molecule has 3 heterocycles. The summed E-state index contributed by atoms with van der Waals surface area (Å²) >= 11 is 0. The molecule has 1 fully saturated rings. The molecule has 1 aliphatic heterocycles. The van der Waals surface area contributed by atoms with Crippen LogP contribution in [0.15, 0.2) is 21.7 Å². The first-order valence-corrected chi connectivity index (χ1v) is 8.87. The maximum absolute atomic E-state index is 12.9. The summed E-state index contributed by atoms with van der Waals surface area (Å²) in [5, 5.41) is 7.87. The molecule has 7 nitrogen and oxygen atoms in total. The van der Waals surface area contributed by atoms with E-state index in [0.717, 1.165) is 5.69 Å². The van der Waals surface area contributed by atoms with Gasteiger partial charge in [-0.3, -0.25) is 0 Å². The summed E-state index contributed by atoms with van der Waals surface area (Å²) in [6.45, 7) is 6.91. The van der Waals surface area contributed by atoms with Gasteiger partial charge >= 0.3 is 0 Å². The Balaban J connectivity index is 0.00000192. The van der Waals surface area contributed by atoms with E-state index >= 15 is 0 Å². The summed E-state index contributed by atoms with van der Waals surface area (Å²) in [6.07, 6.45) is 2.01. The van der Waals surface area contributed by atoms with Crippen molar-refractivity contribution in [3.8, 4) is 0 Å². The number of pyridine rings is 1. The monoisotopic (exact) mass is 360 g/mol. The Morgan fingerprint density at radius 1 is 1.43 bits per heavy atom. The average molecular weight is 361 g/mol. The number of piperazine rings is 1. The first-order chi connectivity index (χ1) is 10.4. The lowest BCUT2D eigenvalue weighted by Crippen LogP contribution is -2.56. The van der Waals surface area contributed by atoms with E-state index in [2.05, 4.69) is 15.5 Å². The third-order valence-corrected chi connectivity index (χ3v) is 5.97. The second-order valence-corrected chi connectivity index (χ2v) is 7.63. The molecule has 2 unspecified atom stereocenters. The molecule has 0 amide bonds. The quantitative estimate of drug-likeness (QED) is 0.894. The lowest BCUT2D eigenvalue weighted by Gasteiger charge is -2.36. The molecular formula is C14H21ClN4O3S. The van der Waals surface area contributed by atoms with Gasteiger partial charge in [0.1, 0.15) is 4.90 Å². The van der Waals surface area contributed by atoms with E-state index in [-0.39, 0.29) is 29.4 Å². The number of hydrogen-bond donors (Lipinski definition) is 1. The van der Waals surface area contributed by atoms with E-state index in [1.165, 1.54) is 10.5 Å². The molecule has 0 aliphatic carbocycles. The van der Waals surface area contributed by atoms with Crippen LogP contribution in [0.1, 0.15) is 26.5 Å². The second kappa shape index (κ2) is 6.72. The van der Waals surface area contributed by atoms with Crippen molar-refractivity contribution in [2.75, 3.05) is 13.1 Å². The first-order valence-electron chi connectivity index (χ1n) is 7.43. The van der Waals surface area contributed by atoms with Crippen LogP contribution in [0.5, 0.6) is 0 Å². The highest BCUT2D eigenvalue weighted by atomic mass is 35.5. The molecule has 2 aromatic heterocycles. The largest absolute Gasteiger partial charge is 0.336 e. The van der Waals surface area contributed by atoms with E-state index in [4.69, 9.17) is 4.52 Å². The van der Waals surface area contributed by atoms with Crippen molar-refractivity contribution in [2.24, 2.45) is 0 Å². The number of halogens is 1. The molecule has 1 saturated heterocycles. The lowest BCUT2D eigenvalue weighted by atomic mass is 10.2. The standard InChI is InChI=1S/C14H20N4O3S.ClH/c1-4-13-12-5-11(7-16-14(12)21-17-13)22(19,20)18-8-9(2)15-6-10(18)3;/h5,7,9-10,15H,4,6,8H2,1-3H3;1H. The van der Waals surface area contributed by atoms with E-state index in [1.807, 2.05) is 20.8 Å². The summed E-state index contributed by atoms with van der Waals surface area (Å²) in [6, 6.07) is 1.65. The fourth-order valence-electron chi connectivity index (χ4n) is 2.71. The zero-order valence-corrected chi connectivity index (χ0v) is 14.9. The summed E-state index contributed by atoms with van der Waals surface area (Å²) in [5.41, 5.74) is 1.10. The minimum atomic E-state index is -3.58. The van der Waals surface area contributed by atoms with Crippen molar-refractivity contribution in [3.05, 3.63) is 18.0 Å². The van der Waals surface area contributed by atoms with Crippen LogP contribution in [0.3, 0.4) is 0 Å². The number of nitrogens with one attached hydrogen (secondary N) is 1. The van der Waals surface area contributed by atoms with E-state index in [1.54, 1.807) is 6.07 Å². The number of fused-ring (bicyclic) bond motifs is 1. The van der Waals surface area contributed by atoms with Gasteiger partial charge in [0.15, 0.2) is 0 Å². The summed E-state index contributed by atoms with van der Waals surface area (Å²) in [7, 11) is -3.58. The van der Waals surface area contributed by atoms with Gasteiger partial charge in [-0.2, -0.15) is 4.31 Å². The average Bonchev–Trinajstić information content (AvgIpc) is 2.91. The van der Waals surface area contributed by atoms with Gasteiger partial charge in [0.2, 0.25) is 10.0 Å². The van der Waals surface area contributed by atoms with Gasteiger partial charge < -0.3 is 9.84 Å². The van der Waals surface area contributed by atoms with E-state index < -0.39 is 10.0 Å². The highest BCUT2D eigenvalue weighted by Crippen LogP contribution is 2.25. The normalized spacial score (nSPS) is 22.9. The van der Waals surface area contributed by atoms with Crippen LogP contribution in [0.4, 0.5) is 0 Å². The fourth-order valence-corrected chi connectivity index (χ4v) is 4.41. The summed E-state index contributed by atoms with van der Waals surface area (Å²) in [4.78, 5) is 4.30. The van der Waals surface area contributed by atoms with Crippen LogP contribution >= 0.6 is 12.4 Å². The Morgan fingerprint density at radius 2 is 2.17 bits per heavy atom. The molecule has 0 saturated carbocycles. The van der Waals surface area contributed by atoms with Crippen LogP contribution < -0.4 is 5.32 Å². The Labute approximate surface area is 141 Å². The molecule has 128 valence electrons. The van der Waals surface area contributed by atoms with Crippen LogP contribution in [0, 0.1) is 0 Å². The van der Waals surface area contributed by atoms with Crippen LogP contribution in [0.25, 0.3) is 11.1 Å². The molecule has 3 rings (SSSR count). The van der Waals surface area contributed by atoms with Crippen molar-refractivity contribution in [1.82, 2.24) is 19.8 Å². The van der Waals surface area contributed by atoms with Crippen molar-refractivity contribution in [2.45, 2.75) is 44.2 Å². The van der Waals surface area contributed by atoms with Gasteiger partial charge in [0.25, 0.3) is 5.71 Å². The highest BCUT2D eigenvalue weighted by Gasteiger charge is 2.34. The molecule has 9 heteroatoms. The number of aromatic nitrogens is 2. The Morgan fingerprint density at radius 3 is 2.87 bits per heavy atom. The summed E-state index contributed by atoms with van der Waals surface area (Å²) < 4.78 is 32.5. The van der Waals surface area contributed by atoms with Crippen LogP contribution in [-0.2, 0) is 16.4 Å². The fraction of sp³-hybridized carbons (Fsp3) is 0.571. The minimum Gasteiger partial charge on any atom is -0.336 e. The van der Waals surface area contributed by atoms with Gasteiger partial charge in [-0.1, -0.05) is 12.1 Å². The Kier molecular flexibility index (Phi) is 5.30. The summed E-state index contributed by atoms with van der Waals surface area (Å²) in [5.74, 6) is 0. The number of nitrogens with zero attached hydrogens (tertiary/aromatic N) is 3. The SMILES string of the molecule is CCc1noc2ncc(S(=O)(=O)N3CC(C)NCC3C)cc12.Cl. The topological polar surface area (TPSA) is 88.3 Å². The molecular weight excluding hydrogens is 340 g/mol. The zero-order chi connectivity index (χ0) is 15.9. The van der Waals surface area contributed by atoms with Crippen LogP contribution in [-0.4, -0.2) is 48.0 Å². The lowest BCUT2D eigenvalue weighted by molar-refractivity contribution is 0.244. The highest BCUT2D eigenvalue weighted by molar-refractivity contribution is 7.89. The van der Waals surface area contributed by atoms with Gasteiger partial charge in [-0.05, 0) is 26.3 Å². The van der Waals surface area contributed by atoms with Gasteiger partial charge in [0.05, 0.1) is 17.3 Å². The maximum Gasteiger partial charge on any atom is 0.258 e. The molecule has 1 N–H and O–H groups in total. The van der Waals surface area contributed by atoms with Gasteiger partial charge in [-0.15, -0.1) is 12.4 Å². The predicted molar refractivity (Wildman–Crippen MR) is 89.2 cm³/mol. The van der Waals surface area contributed by atoms with Crippen molar-refractivity contribution >= 4 is 33.5 Å². The van der Waals surface area contributed by atoms with Crippen molar-refractivity contribution in [3.63, 3.8) is 0 Å². The Bertz CT molecular complexity index is 792. The smallest absolute Gasteiger partial charge is 0.258 e. The molecule has 0 aromatic carbocycles. The predicted octanol–water partition coefficient (Wildman–Crippen LogP) is 1.58. The van der Waals surface area contributed by atoms with Crippen molar-refractivity contribution < 1.29 is 12.9 Å². The molecule has 23 heavy (non-hydrogen) atoms. The maximum atomic E-state index is 12.9. The van der Waals surface area contributed by atoms with Gasteiger partial charge in [0, 0.05) is 25.2 Å². The number of rotatable bonds is 3. The molecule has 2 aromatic rings. The first kappa shape index (κ1) is 18.1. The zero-order valence-electron chi connectivity index (χ0n) is 13.3. The van der Waals surface area contributed by atoms with Crippen molar-refractivity contribution in [1.29, 1.82) is 0 Å². The third-order valence-electron chi connectivity index (χ3n) is 4.03. The second-order valence-electron chi connectivity index (χ2n) is 5.74. The molecule has 0 radical (unpaired) electrons. The molecule has 1 aliphatic rings. The Hall–Kier alpha value is -1.22. The molecule has 0 bridgehead atoms. The third kappa shape index (κ3) is 3.21. The molecule has 0 spiro atoms. The van der Waals surface area contributed by atoms with Crippen LogP contribution in [0.2, 0.25) is 0 Å². The van der Waals surface area contributed by atoms with Gasteiger partial charge in [-0.25, -0.2) is 13.4 Å². The van der Waals surface area contributed by atoms with E-state index in [0.29, 0.717) is 30.6 Å². The minimum absolute atomic E-state index is 0. The molecule has 2 atom stereocenters. The van der Waals surface area contributed by atoms with E-state index in [9.17, 15) is 8.42 Å². The number of hydrogen-bond acceptors (Lipinski definition) is 6. The number of sulfonamides is 1.